The van der Waals surface area contributed by atoms with Crippen LogP contribution in [0.3, 0.4) is 0 Å². The van der Waals surface area contributed by atoms with Crippen molar-refractivity contribution in [3.8, 4) is 0 Å². The van der Waals surface area contributed by atoms with Crippen LogP contribution in [0.2, 0.25) is 0 Å². The van der Waals surface area contributed by atoms with Gasteiger partial charge >= 0.3 is 0 Å². The van der Waals surface area contributed by atoms with Crippen LogP contribution < -0.4 is 5.32 Å². The normalized spacial score (nSPS) is 16.7. The molecule has 1 N–H and O–H groups in total. The molecule has 5 heteroatoms. The Bertz CT molecular complexity index is 394. The highest BCUT2D eigenvalue weighted by Crippen LogP contribution is 2.06. The van der Waals surface area contributed by atoms with Gasteiger partial charge in [0.25, 0.3) is 0 Å². The zero-order chi connectivity index (χ0) is 12.1. The number of carbonyl (C=O) groups excluding carboxylic acids is 2. The molecule has 0 radical (unpaired) electrons. The standard InChI is InChI=1S/C12H16N2O3/c15-9-10-1-4-14(7-10)8-12(16)13-11-2-5-17-6-3-11/h1,4,7,9,11H,2-3,5-6,8H2,(H,13,16). The maximum atomic E-state index is 11.7. The Labute approximate surface area is 99.8 Å². The summed E-state index contributed by atoms with van der Waals surface area (Å²) in [5.74, 6) is -0.0232. The van der Waals surface area contributed by atoms with E-state index in [4.69, 9.17) is 4.74 Å². The lowest BCUT2D eigenvalue weighted by Gasteiger charge is -2.23. The Balaban J connectivity index is 1.81. The number of hydrogen-bond donors (Lipinski definition) is 1. The van der Waals surface area contributed by atoms with Gasteiger partial charge in [-0.15, -0.1) is 0 Å². The summed E-state index contributed by atoms with van der Waals surface area (Å²) in [5, 5.41) is 2.97. The van der Waals surface area contributed by atoms with Crippen molar-refractivity contribution in [3.05, 3.63) is 24.0 Å². The van der Waals surface area contributed by atoms with Gasteiger partial charge in [-0.05, 0) is 18.9 Å². The Hall–Kier alpha value is -1.62. The van der Waals surface area contributed by atoms with Gasteiger partial charge in [0.15, 0.2) is 6.29 Å². The number of aromatic nitrogens is 1. The minimum atomic E-state index is -0.0232. The van der Waals surface area contributed by atoms with Crippen LogP contribution in [0.4, 0.5) is 0 Å². The van der Waals surface area contributed by atoms with E-state index >= 15 is 0 Å². The van der Waals surface area contributed by atoms with E-state index in [2.05, 4.69) is 5.32 Å². The zero-order valence-electron chi connectivity index (χ0n) is 9.59. The highest BCUT2D eigenvalue weighted by atomic mass is 16.5. The molecule has 0 bridgehead atoms. The molecular weight excluding hydrogens is 220 g/mol. The Morgan fingerprint density at radius 3 is 2.94 bits per heavy atom. The Morgan fingerprint density at radius 2 is 2.29 bits per heavy atom. The fraction of sp³-hybridized carbons (Fsp3) is 0.500. The first-order valence-corrected chi connectivity index (χ1v) is 5.76. The van der Waals surface area contributed by atoms with Gasteiger partial charge in [-0.1, -0.05) is 0 Å². The maximum absolute atomic E-state index is 11.7. The highest BCUT2D eigenvalue weighted by molar-refractivity contribution is 5.77. The lowest BCUT2D eigenvalue weighted by Crippen LogP contribution is -2.40. The third-order valence-corrected chi connectivity index (χ3v) is 2.82. The molecule has 0 spiro atoms. The summed E-state index contributed by atoms with van der Waals surface area (Å²) in [6.45, 7) is 1.68. The van der Waals surface area contributed by atoms with Crippen molar-refractivity contribution in [3.63, 3.8) is 0 Å². The van der Waals surface area contributed by atoms with Crippen molar-refractivity contribution in [2.24, 2.45) is 0 Å². The average Bonchev–Trinajstić information content (AvgIpc) is 2.78. The number of aldehydes is 1. The topological polar surface area (TPSA) is 60.3 Å². The number of ether oxygens (including phenoxy) is 1. The van der Waals surface area contributed by atoms with Crippen molar-refractivity contribution in [1.29, 1.82) is 0 Å². The number of amides is 1. The second-order valence-corrected chi connectivity index (χ2v) is 4.19. The molecule has 1 aliphatic heterocycles. The number of rotatable bonds is 4. The van der Waals surface area contributed by atoms with Crippen LogP contribution in [0.1, 0.15) is 23.2 Å². The molecule has 0 saturated carbocycles. The Morgan fingerprint density at radius 1 is 1.53 bits per heavy atom. The molecule has 5 nitrogen and oxygen atoms in total. The van der Waals surface area contributed by atoms with Crippen LogP contribution in [0.25, 0.3) is 0 Å². The third kappa shape index (κ3) is 3.42. The molecule has 1 aromatic rings. The van der Waals surface area contributed by atoms with E-state index in [9.17, 15) is 9.59 Å². The molecule has 0 atom stereocenters. The van der Waals surface area contributed by atoms with E-state index < -0.39 is 0 Å². The molecule has 1 saturated heterocycles. The predicted molar refractivity (Wildman–Crippen MR) is 61.8 cm³/mol. The number of hydrogen-bond acceptors (Lipinski definition) is 3. The third-order valence-electron chi connectivity index (χ3n) is 2.82. The quantitative estimate of drug-likeness (QED) is 0.779. The lowest BCUT2D eigenvalue weighted by molar-refractivity contribution is -0.122. The van der Waals surface area contributed by atoms with E-state index in [1.807, 2.05) is 0 Å². The molecular formula is C12H16N2O3. The average molecular weight is 236 g/mol. The van der Waals surface area contributed by atoms with Crippen molar-refractivity contribution >= 4 is 12.2 Å². The summed E-state index contributed by atoms with van der Waals surface area (Å²) < 4.78 is 6.93. The minimum absolute atomic E-state index is 0.0232. The van der Waals surface area contributed by atoms with Gasteiger partial charge < -0.3 is 14.6 Å². The van der Waals surface area contributed by atoms with Crippen LogP contribution in [0.15, 0.2) is 18.5 Å². The van der Waals surface area contributed by atoms with Crippen LogP contribution in [0.5, 0.6) is 0 Å². The van der Waals surface area contributed by atoms with Crippen molar-refractivity contribution in [1.82, 2.24) is 9.88 Å². The van der Waals surface area contributed by atoms with E-state index in [1.54, 1.807) is 23.0 Å². The number of nitrogens with zero attached hydrogens (tertiary/aromatic N) is 1. The second kappa shape index (κ2) is 5.63. The van der Waals surface area contributed by atoms with Crippen molar-refractivity contribution in [2.75, 3.05) is 13.2 Å². The monoisotopic (exact) mass is 236 g/mol. The van der Waals surface area contributed by atoms with Gasteiger partial charge in [0, 0.05) is 37.2 Å². The molecule has 0 aromatic carbocycles. The summed E-state index contributed by atoms with van der Waals surface area (Å²) in [7, 11) is 0. The van der Waals surface area contributed by atoms with Gasteiger partial charge in [-0.25, -0.2) is 0 Å². The molecule has 1 aromatic heterocycles. The van der Waals surface area contributed by atoms with E-state index in [0.717, 1.165) is 19.1 Å². The molecule has 1 aliphatic rings. The van der Waals surface area contributed by atoms with Gasteiger partial charge in [0.2, 0.25) is 5.91 Å². The Kier molecular flexibility index (Phi) is 3.93. The van der Waals surface area contributed by atoms with Crippen molar-refractivity contribution in [2.45, 2.75) is 25.4 Å². The minimum Gasteiger partial charge on any atom is -0.381 e. The lowest BCUT2D eigenvalue weighted by atomic mass is 10.1. The van der Waals surface area contributed by atoms with Gasteiger partial charge in [0.1, 0.15) is 6.54 Å². The number of carbonyl (C=O) groups is 2. The number of nitrogens with one attached hydrogen (secondary N) is 1. The molecule has 1 fully saturated rings. The van der Waals surface area contributed by atoms with Crippen LogP contribution in [-0.4, -0.2) is 36.0 Å². The summed E-state index contributed by atoms with van der Waals surface area (Å²) in [6.07, 6.45) is 5.91. The molecule has 0 unspecified atom stereocenters. The van der Waals surface area contributed by atoms with Crippen LogP contribution in [0, 0.1) is 0 Å². The molecule has 2 rings (SSSR count). The first-order chi connectivity index (χ1) is 8.28. The highest BCUT2D eigenvalue weighted by Gasteiger charge is 2.15. The summed E-state index contributed by atoms with van der Waals surface area (Å²) in [4.78, 5) is 22.2. The van der Waals surface area contributed by atoms with Gasteiger partial charge in [-0.2, -0.15) is 0 Å². The molecule has 1 amide bonds. The van der Waals surface area contributed by atoms with Crippen LogP contribution >= 0.6 is 0 Å². The van der Waals surface area contributed by atoms with E-state index in [-0.39, 0.29) is 18.5 Å². The maximum Gasteiger partial charge on any atom is 0.240 e. The smallest absolute Gasteiger partial charge is 0.240 e. The molecule has 0 aliphatic carbocycles. The SMILES string of the molecule is O=Cc1ccn(CC(=O)NC2CCOCC2)c1. The zero-order valence-corrected chi connectivity index (χ0v) is 9.59. The summed E-state index contributed by atoms with van der Waals surface area (Å²) in [5.41, 5.74) is 0.587. The van der Waals surface area contributed by atoms with E-state index in [1.165, 1.54) is 0 Å². The summed E-state index contributed by atoms with van der Waals surface area (Å²) in [6, 6.07) is 1.91. The fourth-order valence-electron chi connectivity index (χ4n) is 1.91. The largest absolute Gasteiger partial charge is 0.381 e. The molecule has 17 heavy (non-hydrogen) atoms. The van der Waals surface area contributed by atoms with Crippen LogP contribution in [-0.2, 0) is 16.1 Å². The predicted octanol–water partition coefficient (Wildman–Crippen LogP) is 0.596. The van der Waals surface area contributed by atoms with E-state index in [0.29, 0.717) is 18.8 Å². The van der Waals surface area contributed by atoms with Gasteiger partial charge in [-0.3, -0.25) is 9.59 Å². The first-order valence-electron chi connectivity index (χ1n) is 5.76. The second-order valence-electron chi connectivity index (χ2n) is 4.19. The van der Waals surface area contributed by atoms with Crippen molar-refractivity contribution < 1.29 is 14.3 Å². The molecule has 92 valence electrons. The molecule has 2 heterocycles. The first kappa shape index (κ1) is 11.9. The van der Waals surface area contributed by atoms with Gasteiger partial charge in [0.05, 0.1) is 0 Å². The fourth-order valence-corrected chi connectivity index (χ4v) is 1.91. The summed E-state index contributed by atoms with van der Waals surface area (Å²) >= 11 is 0.